The average molecular weight is 376 g/mol. The van der Waals surface area contributed by atoms with E-state index in [0.717, 1.165) is 24.3 Å². The Hall–Kier alpha value is -3.41. The lowest BCUT2D eigenvalue weighted by atomic mass is 10.1. The molecule has 6 nitrogen and oxygen atoms in total. The minimum absolute atomic E-state index is 0.229. The van der Waals surface area contributed by atoms with Crippen LogP contribution in [0.4, 0.5) is 5.82 Å². The topological polar surface area (TPSA) is 76.1 Å². The molecule has 0 aliphatic heterocycles. The summed E-state index contributed by atoms with van der Waals surface area (Å²) in [5, 5.41) is 6.16. The fraction of sp³-hybridized carbons (Fsp3) is 0.227. The normalized spacial score (nSPS) is 10.4. The number of carbonyl (C=O) groups excluding carboxylic acids is 1. The van der Waals surface area contributed by atoms with Gasteiger partial charge in [0.05, 0.1) is 7.11 Å². The number of carbonyl (C=O) groups is 1. The third-order valence-corrected chi connectivity index (χ3v) is 4.25. The van der Waals surface area contributed by atoms with Crippen molar-refractivity contribution >= 4 is 11.7 Å². The minimum Gasteiger partial charge on any atom is -0.497 e. The monoisotopic (exact) mass is 376 g/mol. The maximum atomic E-state index is 12.5. The highest BCUT2D eigenvalue weighted by Crippen LogP contribution is 2.12. The highest BCUT2D eigenvalue weighted by molar-refractivity contribution is 5.92. The van der Waals surface area contributed by atoms with E-state index in [1.165, 1.54) is 5.56 Å². The van der Waals surface area contributed by atoms with Crippen molar-refractivity contribution in [3.8, 4) is 5.75 Å². The van der Waals surface area contributed by atoms with Crippen LogP contribution in [0.3, 0.4) is 0 Å². The summed E-state index contributed by atoms with van der Waals surface area (Å²) in [5.41, 5.74) is 2.59. The van der Waals surface area contributed by atoms with Gasteiger partial charge in [-0.05, 0) is 36.6 Å². The van der Waals surface area contributed by atoms with E-state index >= 15 is 0 Å². The zero-order valence-corrected chi connectivity index (χ0v) is 16.1. The molecule has 3 rings (SSSR count). The first kappa shape index (κ1) is 19.4. The minimum atomic E-state index is -0.229. The molecule has 0 bridgehead atoms. The molecular formula is C22H24N4O2. The van der Waals surface area contributed by atoms with Gasteiger partial charge in [0.2, 0.25) is 0 Å². The van der Waals surface area contributed by atoms with Crippen LogP contribution in [-0.2, 0) is 13.0 Å². The first-order chi connectivity index (χ1) is 13.6. The van der Waals surface area contributed by atoms with Crippen LogP contribution in [0.25, 0.3) is 0 Å². The van der Waals surface area contributed by atoms with Gasteiger partial charge in [-0.15, -0.1) is 0 Å². The fourth-order valence-electron chi connectivity index (χ4n) is 2.77. The highest BCUT2D eigenvalue weighted by Gasteiger charge is 2.10. The Morgan fingerprint density at radius 2 is 1.75 bits per heavy atom. The molecule has 2 N–H and O–H groups in total. The van der Waals surface area contributed by atoms with E-state index in [4.69, 9.17) is 4.74 Å². The summed E-state index contributed by atoms with van der Waals surface area (Å²) < 4.78 is 5.14. The lowest BCUT2D eigenvalue weighted by Gasteiger charge is -2.10. The number of methoxy groups -OCH3 is 1. The molecular weight excluding hydrogens is 352 g/mol. The number of aryl methyl sites for hydroxylation is 1. The third kappa shape index (κ3) is 5.54. The van der Waals surface area contributed by atoms with Gasteiger partial charge >= 0.3 is 0 Å². The molecule has 0 aliphatic rings. The number of hydrogen-bond donors (Lipinski definition) is 2. The predicted octanol–water partition coefficient (Wildman–Crippen LogP) is 3.38. The highest BCUT2D eigenvalue weighted by atomic mass is 16.5. The Labute approximate surface area is 165 Å². The second-order valence-electron chi connectivity index (χ2n) is 6.38. The van der Waals surface area contributed by atoms with Crippen LogP contribution in [-0.4, -0.2) is 29.5 Å². The van der Waals surface area contributed by atoms with E-state index in [2.05, 4.69) is 32.7 Å². The SMILES string of the molecule is COc1ccc(CNC(=O)c2cc(NCCc3ccccc3)nc(C)n2)cc1. The summed E-state index contributed by atoms with van der Waals surface area (Å²) in [4.78, 5) is 21.1. The molecule has 28 heavy (non-hydrogen) atoms. The van der Waals surface area contributed by atoms with Crippen LogP contribution in [0.5, 0.6) is 5.75 Å². The first-order valence-corrected chi connectivity index (χ1v) is 9.18. The van der Waals surface area contributed by atoms with Crippen molar-refractivity contribution in [3.63, 3.8) is 0 Å². The van der Waals surface area contributed by atoms with Crippen LogP contribution in [0, 0.1) is 6.92 Å². The Morgan fingerprint density at radius 1 is 1.00 bits per heavy atom. The maximum absolute atomic E-state index is 12.5. The first-order valence-electron chi connectivity index (χ1n) is 9.18. The number of amides is 1. The number of benzene rings is 2. The van der Waals surface area contributed by atoms with Gasteiger partial charge in [-0.3, -0.25) is 4.79 Å². The summed E-state index contributed by atoms with van der Waals surface area (Å²) >= 11 is 0. The molecule has 0 aliphatic carbocycles. The summed E-state index contributed by atoms with van der Waals surface area (Å²) in [6.45, 7) is 2.93. The number of rotatable bonds is 8. The molecule has 3 aromatic rings. The standard InChI is InChI=1S/C22H24N4O2/c1-16-25-20(22(27)24-15-18-8-10-19(28-2)11-9-18)14-21(26-16)23-13-12-17-6-4-3-5-7-17/h3-11,14H,12-13,15H2,1-2H3,(H,24,27)(H,23,25,26). The third-order valence-electron chi connectivity index (χ3n) is 4.25. The van der Waals surface area contributed by atoms with Gasteiger partial charge in [-0.1, -0.05) is 42.5 Å². The molecule has 0 fully saturated rings. The fourth-order valence-corrected chi connectivity index (χ4v) is 2.77. The van der Waals surface area contributed by atoms with E-state index in [-0.39, 0.29) is 5.91 Å². The molecule has 0 saturated carbocycles. The quantitative estimate of drug-likeness (QED) is 0.630. The van der Waals surface area contributed by atoms with Crippen molar-refractivity contribution in [3.05, 3.63) is 83.3 Å². The Balaban J connectivity index is 1.57. The van der Waals surface area contributed by atoms with Gasteiger partial charge in [0.1, 0.15) is 23.1 Å². The number of ether oxygens (including phenoxy) is 1. The molecule has 0 unspecified atom stereocenters. The molecule has 1 amide bonds. The van der Waals surface area contributed by atoms with E-state index in [1.54, 1.807) is 20.1 Å². The van der Waals surface area contributed by atoms with Gasteiger partial charge in [0.15, 0.2) is 0 Å². The zero-order chi connectivity index (χ0) is 19.8. The van der Waals surface area contributed by atoms with Crippen molar-refractivity contribution in [2.75, 3.05) is 19.0 Å². The number of nitrogens with one attached hydrogen (secondary N) is 2. The summed E-state index contributed by atoms with van der Waals surface area (Å²) in [7, 11) is 1.62. The van der Waals surface area contributed by atoms with E-state index < -0.39 is 0 Å². The van der Waals surface area contributed by atoms with Gasteiger partial charge in [0, 0.05) is 19.2 Å². The molecule has 0 radical (unpaired) electrons. The Morgan fingerprint density at radius 3 is 2.46 bits per heavy atom. The Bertz CT molecular complexity index is 912. The molecule has 144 valence electrons. The van der Waals surface area contributed by atoms with Crippen molar-refractivity contribution < 1.29 is 9.53 Å². The molecule has 1 heterocycles. The van der Waals surface area contributed by atoms with E-state index in [0.29, 0.717) is 23.9 Å². The second kappa shape index (κ2) is 9.50. The van der Waals surface area contributed by atoms with Gasteiger partial charge in [-0.25, -0.2) is 9.97 Å². The predicted molar refractivity (Wildman–Crippen MR) is 110 cm³/mol. The molecule has 6 heteroatoms. The van der Waals surface area contributed by atoms with Crippen LogP contribution < -0.4 is 15.4 Å². The van der Waals surface area contributed by atoms with Crippen LogP contribution >= 0.6 is 0 Å². The van der Waals surface area contributed by atoms with Crippen LogP contribution in [0.1, 0.15) is 27.4 Å². The van der Waals surface area contributed by atoms with E-state index in [9.17, 15) is 4.79 Å². The van der Waals surface area contributed by atoms with E-state index in [1.807, 2.05) is 42.5 Å². The Kier molecular flexibility index (Phi) is 6.57. The van der Waals surface area contributed by atoms with Crippen molar-refractivity contribution in [1.29, 1.82) is 0 Å². The van der Waals surface area contributed by atoms with Crippen LogP contribution in [0.2, 0.25) is 0 Å². The number of aromatic nitrogens is 2. The van der Waals surface area contributed by atoms with Crippen LogP contribution in [0.15, 0.2) is 60.7 Å². The summed E-state index contributed by atoms with van der Waals surface area (Å²) in [6, 6.07) is 19.5. The lowest BCUT2D eigenvalue weighted by Crippen LogP contribution is -2.24. The summed E-state index contributed by atoms with van der Waals surface area (Å²) in [6.07, 6.45) is 0.878. The molecule has 0 spiro atoms. The van der Waals surface area contributed by atoms with Crippen molar-refractivity contribution in [2.45, 2.75) is 19.9 Å². The largest absolute Gasteiger partial charge is 0.497 e. The number of anilines is 1. The van der Waals surface area contributed by atoms with Crippen molar-refractivity contribution in [2.24, 2.45) is 0 Å². The maximum Gasteiger partial charge on any atom is 0.270 e. The lowest BCUT2D eigenvalue weighted by molar-refractivity contribution is 0.0945. The number of hydrogen-bond acceptors (Lipinski definition) is 5. The molecule has 1 aromatic heterocycles. The summed E-state index contributed by atoms with van der Waals surface area (Å²) in [5.74, 6) is 1.76. The van der Waals surface area contributed by atoms with Gasteiger partial charge in [0.25, 0.3) is 5.91 Å². The molecule has 2 aromatic carbocycles. The van der Waals surface area contributed by atoms with Crippen molar-refractivity contribution in [1.82, 2.24) is 15.3 Å². The zero-order valence-electron chi connectivity index (χ0n) is 16.1. The van der Waals surface area contributed by atoms with Gasteiger partial charge < -0.3 is 15.4 Å². The average Bonchev–Trinajstić information content (AvgIpc) is 2.73. The molecule has 0 atom stereocenters. The smallest absolute Gasteiger partial charge is 0.270 e. The molecule has 0 saturated heterocycles. The number of nitrogens with zero attached hydrogens (tertiary/aromatic N) is 2. The second-order valence-corrected chi connectivity index (χ2v) is 6.38. The van der Waals surface area contributed by atoms with Gasteiger partial charge in [-0.2, -0.15) is 0 Å².